The molecule has 0 aliphatic heterocycles. The Morgan fingerprint density at radius 1 is 1.00 bits per heavy atom. The highest BCUT2D eigenvalue weighted by atomic mass is 16.5. The van der Waals surface area contributed by atoms with Gasteiger partial charge in [0.05, 0.1) is 13.0 Å². The molecule has 2 heteroatoms. The molecule has 1 aromatic rings. The average Bonchev–Trinajstić information content (AvgIpc) is 2.57. The summed E-state index contributed by atoms with van der Waals surface area (Å²) in [6, 6.07) is 6.13. The number of unbranched alkanes of at least 4 members (excludes halogenated alkanes) is 4. The van der Waals surface area contributed by atoms with Crippen molar-refractivity contribution in [3.05, 3.63) is 34.9 Å². The van der Waals surface area contributed by atoms with Crippen LogP contribution in [-0.4, -0.2) is 12.6 Å². The van der Waals surface area contributed by atoms with Crippen molar-refractivity contribution in [3.63, 3.8) is 0 Å². The fourth-order valence-electron chi connectivity index (χ4n) is 3.08. The van der Waals surface area contributed by atoms with E-state index >= 15 is 0 Å². The quantitative estimate of drug-likeness (QED) is 0.338. The molecular formula is C22H36O2. The molecule has 0 heterocycles. The Labute approximate surface area is 149 Å². The molecule has 0 aromatic heterocycles. The van der Waals surface area contributed by atoms with Gasteiger partial charge in [0.25, 0.3) is 0 Å². The highest BCUT2D eigenvalue weighted by Crippen LogP contribution is 2.19. The molecule has 0 aliphatic rings. The number of hydrogen-bond donors (Lipinski definition) is 0. The van der Waals surface area contributed by atoms with Crippen LogP contribution in [0.4, 0.5) is 0 Å². The van der Waals surface area contributed by atoms with Crippen molar-refractivity contribution in [3.8, 4) is 0 Å². The van der Waals surface area contributed by atoms with Gasteiger partial charge in [-0.25, -0.2) is 0 Å². The van der Waals surface area contributed by atoms with E-state index in [4.69, 9.17) is 4.74 Å². The van der Waals surface area contributed by atoms with Gasteiger partial charge in [-0.2, -0.15) is 0 Å². The summed E-state index contributed by atoms with van der Waals surface area (Å²) in [4.78, 5) is 12.2. The van der Waals surface area contributed by atoms with E-state index in [0.717, 1.165) is 5.56 Å². The minimum absolute atomic E-state index is 0.0845. The van der Waals surface area contributed by atoms with Crippen LogP contribution in [0.2, 0.25) is 0 Å². The lowest BCUT2D eigenvalue weighted by atomic mass is 9.96. The Bertz CT molecular complexity index is 479. The molecule has 0 N–H and O–H groups in total. The Kier molecular flexibility index (Phi) is 10.5. The standard InChI is InChI=1S/C22H36O2/c1-5-7-9-10-14-20(13-8-6-2)17-24-22(23)16-21-15-11-12-18(3)19(21)4/h11-12,15,20H,5-10,13-14,16-17H2,1-4H3. The number of carbonyl (C=O) groups is 1. The molecule has 1 atom stereocenters. The predicted molar refractivity (Wildman–Crippen MR) is 102 cm³/mol. The van der Waals surface area contributed by atoms with Crippen LogP contribution in [-0.2, 0) is 16.0 Å². The first-order chi connectivity index (χ1) is 11.6. The minimum Gasteiger partial charge on any atom is -0.465 e. The van der Waals surface area contributed by atoms with Crippen molar-refractivity contribution in [2.45, 2.75) is 85.5 Å². The van der Waals surface area contributed by atoms with Gasteiger partial charge in [-0.05, 0) is 49.3 Å². The van der Waals surface area contributed by atoms with Crippen LogP contribution < -0.4 is 0 Å². The van der Waals surface area contributed by atoms with Crippen LogP contribution >= 0.6 is 0 Å². The monoisotopic (exact) mass is 332 g/mol. The van der Waals surface area contributed by atoms with Gasteiger partial charge >= 0.3 is 5.97 Å². The van der Waals surface area contributed by atoms with Crippen LogP contribution in [0, 0.1) is 19.8 Å². The zero-order chi connectivity index (χ0) is 17.8. The van der Waals surface area contributed by atoms with Crippen LogP contribution in [0.25, 0.3) is 0 Å². The van der Waals surface area contributed by atoms with E-state index in [1.165, 1.54) is 62.5 Å². The summed E-state index contributed by atoms with van der Waals surface area (Å²) in [5.41, 5.74) is 3.53. The summed E-state index contributed by atoms with van der Waals surface area (Å²) in [6.07, 6.45) is 10.3. The third-order valence-corrected chi connectivity index (χ3v) is 4.96. The third-order valence-electron chi connectivity index (χ3n) is 4.96. The van der Waals surface area contributed by atoms with Crippen molar-refractivity contribution in [1.29, 1.82) is 0 Å². The van der Waals surface area contributed by atoms with Gasteiger partial charge in [-0.15, -0.1) is 0 Å². The number of benzene rings is 1. The second-order valence-corrected chi connectivity index (χ2v) is 7.08. The van der Waals surface area contributed by atoms with Gasteiger partial charge in [0.2, 0.25) is 0 Å². The molecule has 136 valence electrons. The second-order valence-electron chi connectivity index (χ2n) is 7.08. The van der Waals surface area contributed by atoms with E-state index in [-0.39, 0.29) is 5.97 Å². The normalized spacial score (nSPS) is 12.2. The Morgan fingerprint density at radius 2 is 1.71 bits per heavy atom. The maximum atomic E-state index is 12.2. The molecule has 0 amide bonds. The maximum absolute atomic E-state index is 12.2. The van der Waals surface area contributed by atoms with E-state index in [9.17, 15) is 4.79 Å². The van der Waals surface area contributed by atoms with Gasteiger partial charge in [0, 0.05) is 0 Å². The smallest absolute Gasteiger partial charge is 0.310 e. The number of hydrogen-bond acceptors (Lipinski definition) is 2. The van der Waals surface area contributed by atoms with Gasteiger partial charge in [0.1, 0.15) is 0 Å². The van der Waals surface area contributed by atoms with E-state index in [2.05, 4.69) is 33.8 Å². The molecule has 0 saturated heterocycles. The summed E-state index contributed by atoms with van der Waals surface area (Å²) >= 11 is 0. The van der Waals surface area contributed by atoms with Crippen molar-refractivity contribution in [2.75, 3.05) is 6.61 Å². The van der Waals surface area contributed by atoms with Gasteiger partial charge in [0.15, 0.2) is 0 Å². The molecule has 0 radical (unpaired) electrons. The Morgan fingerprint density at radius 3 is 2.42 bits per heavy atom. The SMILES string of the molecule is CCCCCCC(CCCC)COC(=O)Cc1cccc(C)c1C. The van der Waals surface area contributed by atoms with Crippen molar-refractivity contribution < 1.29 is 9.53 Å². The second kappa shape index (κ2) is 12.1. The summed E-state index contributed by atoms with van der Waals surface area (Å²) in [6.45, 7) is 9.22. The lowest BCUT2D eigenvalue weighted by molar-refractivity contribution is -0.144. The first-order valence-corrected chi connectivity index (χ1v) is 9.79. The maximum Gasteiger partial charge on any atom is 0.310 e. The number of aryl methyl sites for hydroxylation is 1. The van der Waals surface area contributed by atoms with E-state index in [1.54, 1.807) is 0 Å². The van der Waals surface area contributed by atoms with E-state index in [1.807, 2.05) is 12.1 Å². The lowest BCUT2D eigenvalue weighted by Gasteiger charge is -2.17. The first kappa shape index (κ1) is 20.7. The summed E-state index contributed by atoms with van der Waals surface area (Å²) in [7, 11) is 0. The van der Waals surface area contributed by atoms with E-state index < -0.39 is 0 Å². The number of rotatable bonds is 12. The highest BCUT2D eigenvalue weighted by Gasteiger charge is 2.13. The first-order valence-electron chi connectivity index (χ1n) is 9.79. The van der Waals surface area contributed by atoms with Gasteiger partial charge in [-0.1, -0.05) is 70.6 Å². The molecule has 2 nitrogen and oxygen atoms in total. The number of carbonyl (C=O) groups excluding carboxylic acids is 1. The molecule has 1 rings (SSSR count). The minimum atomic E-state index is -0.0845. The predicted octanol–water partition coefficient (Wildman–Crippen LogP) is 6.17. The zero-order valence-electron chi connectivity index (χ0n) is 16.2. The summed E-state index contributed by atoms with van der Waals surface area (Å²) in [5, 5.41) is 0. The van der Waals surface area contributed by atoms with E-state index in [0.29, 0.717) is 18.9 Å². The number of ether oxygens (including phenoxy) is 1. The van der Waals surface area contributed by atoms with Crippen molar-refractivity contribution >= 4 is 5.97 Å². The Hall–Kier alpha value is -1.31. The molecule has 0 fully saturated rings. The van der Waals surface area contributed by atoms with Crippen LogP contribution in [0.3, 0.4) is 0 Å². The molecule has 0 saturated carbocycles. The summed E-state index contributed by atoms with van der Waals surface area (Å²) < 4.78 is 5.62. The van der Waals surface area contributed by atoms with Crippen LogP contribution in [0.5, 0.6) is 0 Å². The highest BCUT2D eigenvalue weighted by molar-refractivity contribution is 5.73. The third kappa shape index (κ3) is 7.99. The van der Waals surface area contributed by atoms with Gasteiger partial charge in [-0.3, -0.25) is 4.79 Å². The zero-order valence-corrected chi connectivity index (χ0v) is 16.2. The lowest BCUT2D eigenvalue weighted by Crippen LogP contribution is -2.16. The van der Waals surface area contributed by atoms with Crippen LogP contribution in [0.1, 0.15) is 81.9 Å². The molecule has 0 aliphatic carbocycles. The Balaban J connectivity index is 2.43. The number of esters is 1. The van der Waals surface area contributed by atoms with Gasteiger partial charge < -0.3 is 4.74 Å². The average molecular weight is 333 g/mol. The largest absolute Gasteiger partial charge is 0.465 e. The fourth-order valence-corrected chi connectivity index (χ4v) is 3.08. The molecule has 1 unspecified atom stereocenters. The van der Waals surface area contributed by atoms with Crippen molar-refractivity contribution in [2.24, 2.45) is 5.92 Å². The molecular weight excluding hydrogens is 296 g/mol. The van der Waals surface area contributed by atoms with Crippen molar-refractivity contribution in [1.82, 2.24) is 0 Å². The summed E-state index contributed by atoms with van der Waals surface area (Å²) in [5.74, 6) is 0.447. The molecule has 0 bridgehead atoms. The topological polar surface area (TPSA) is 26.3 Å². The van der Waals surface area contributed by atoms with Crippen LogP contribution in [0.15, 0.2) is 18.2 Å². The fraction of sp³-hybridized carbons (Fsp3) is 0.682. The molecule has 1 aromatic carbocycles. The molecule has 24 heavy (non-hydrogen) atoms. The molecule has 0 spiro atoms.